The number of hydrogen-bond acceptors (Lipinski definition) is 5. The van der Waals surface area contributed by atoms with Gasteiger partial charge in [0.25, 0.3) is 5.91 Å². The van der Waals surface area contributed by atoms with Crippen LogP contribution < -0.4 is 9.47 Å². The van der Waals surface area contributed by atoms with Gasteiger partial charge in [-0.05, 0) is 36.8 Å². The Balaban J connectivity index is 1.52. The van der Waals surface area contributed by atoms with Crippen molar-refractivity contribution in [2.45, 2.75) is 16.6 Å². The predicted octanol–water partition coefficient (Wildman–Crippen LogP) is 2.10. The van der Waals surface area contributed by atoms with Crippen molar-refractivity contribution >= 4 is 15.7 Å². The summed E-state index contributed by atoms with van der Waals surface area (Å²) in [6.07, 6.45) is 0.438. The van der Waals surface area contributed by atoms with E-state index >= 15 is 0 Å². The summed E-state index contributed by atoms with van der Waals surface area (Å²) in [5.41, 5.74) is 0.474. The van der Waals surface area contributed by atoms with E-state index in [2.05, 4.69) is 0 Å². The molecule has 2 aliphatic rings. The lowest BCUT2D eigenvalue weighted by Crippen LogP contribution is -2.31. The molecule has 0 aliphatic carbocycles. The van der Waals surface area contributed by atoms with Gasteiger partial charge in [-0.15, -0.1) is 0 Å². The maximum atomic E-state index is 12.7. The zero-order chi connectivity index (χ0) is 17.4. The second-order valence-electron chi connectivity index (χ2n) is 6.09. The summed E-state index contributed by atoms with van der Waals surface area (Å²) < 4.78 is 36.0. The van der Waals surface area contributed by atoms with E-state index < -0.39 is 15.1 Å². The summed E-state index contributed by atoms with van der Waals surface area (Å²) in [6.45, 7) is 0.766. The first kappa shape index (κ1) is 16.0. The minimum absolute atomic E-state index is 0.147. The second kappa shape index (κ2) is 6.07. The fourth-order valence-corrected chi connectivity index (χ4v) is 4.89. The van der Waals surface area contributed by atoms with Crippen LogP contribution in [0.4, 0.5) is 0 Å². The SMILES string of the molecule is O=C(c1ccc2c(c1)OCO2)N1CC[C@@H](S(=O)(=O)c2ccccc2)C1. The van der Waals surface area contributed by atoms with E-state index in [1.54, 1.807) is 53.4 Å². The number of amides is 1. The molecule has 1 atom stereocenters. The average Bonchev–Trinajstić information content (AvgIpc) is 3.31. The molecule has 7 heteroatoms. The third-order valence-electron chi connectivity index (χ3n) is 4.56. The average molecular weight is 359 g/mol. The van der Waals surface area contributed by atoms with Crippen molar-refractivity contribution in [2.75, 3.05) is 19.9 Å². The Hall–Kier alpha value is -2.54. The molecule has 0 bridgehead atoms. The minimum atomic E-state index is -3.44. The Morgan fingerprint density at radius 3 is 2.60 bits per heavy atom. The fourth-order valence-electron chi connectivity index (χ4n) is 3.18. The van der Waals surface area contributed by atoms with Gasteiger partial charge in [0.15, 0.2) is 21.3 Å². The van der Waals surface area contributed by atoms with Gasteiger partial charge < -0.3 is 14.4 Å². The van der Waals surface area contributed by atoms with E-state index in [9.17, 15) is 13.2 Å². The number of benzene rings is 2. The molecule has 0 radical (unpaired) electrons. The highest BCUT2D eigenvalue weighted by Gasteiger charge is 2.36. The normalized spacial score (nSPS) is 19.2. The van der Waals surface area contributed by atoms with Crippen LogP contribution in [0.1, 0.15) is 16.8 Å². The Labute approximate surface area is 145 Å². The Morgan fingerprint density at radius 2 is 1.80 bits per heavy atom. The number of sulfone groups is 1. The molecular formula is C18H17NO5S. The summed E-state index contributed by atoms with van der Waals surface area (Å²) in [5, 5.41) is -0.576. The van der Waals surface area contributed by atoms with Crippen LogP contribution >= 0.6 is 0 Å². The van der Waals surface area contributed by atoms with Crippen LogP contribution in [0.2, 0.25) is 0 Å². The van der Waals surface area contributed by atoms with Crippen LogP contribution in [0.15, 0.2) is 53.4 Å². The van der Waals surface area contributed by atoms with Gasteiger partial charge in [0.2, 0.25) is 6.79 Å². The number of likely N-dealkylation sites (tertiary alicyclic amines) is 1. The van der Waals surface area contributed by atoms with E-state index in [1.165, 1.54) is 0 Å². The molecule has 0 unspecified atom stereocenters. The lowest BCUT2D eigenvalue weighted by Gasteiger charge is -2.17. The zero-order valence-corrected chi connectivity index (χ0v) is 14.2. The van der Waals surface area contributed by atoms with Crippen LogP contribution in [-0.4, -0.2) is 44.4 Å². The summed E-state index contributed by atoms with van der Waals surface area (Å²) in [5.74, 6) is 0.963. The maximum Gasteiger partial charge on any atom is 0.254 e. The van der Waals surface area contributed by atoms with E-state index in [1.807, 2.05) is 0 Å². The van der Waals surface area contributed by atoms with E-state index in [4.69, 9.17) is 9.47 Å². The van der Waals surface area contributed by atoms with Gasteiger partial charge in [-0.25, -0.2) is 8.42 Å². The van der Waals surface area contributed by atoms with Gasteiger partial charge in [-0.3, -0.25) is 4.79 Å². The molecule has 2 aromatic carbocycles. The smallest absolute Gasteiger partial charge is 0.254 e. The van der Waals surface area contributed by atoms with Crippen LogP contribution in [0.25, 0.3) is 0 Å². The van der Waals surface area contributed by atoms with E-state index in [-0.39, 0.29) is 19.2 Å². The number of rotatable bonds is 3. The molecule has 1 amide bonds. The first-order valence-electron chi connectivity index (χ1n) is 8.03. The Bertz CT molecular complexity index is 910. The largest absolute Gasteiger partial charge is 0.454 e. The standard InChI is InChI=1S/C18H17NO5S/c20-18(13-6-7-16-17(10-13)24-12-23-16)19-9-8-15(11-19)25(21,22)14-4-2-1-3-5-14/h1-7,10,15H,8-9,11-12H2/t15-/m1/s1. The van der Waals surface area contributed by atoms with Crippen molar-refractivity contribution in [1.82, 2.24) is 4.90 Å². The van der Waals surface area contributed by atoms with E-state index in [0.717, 1.165) is 0 Å². The van der Waals surface area contributed by atoms with Crippen molar-refractivity contribution < 1.29 is 22.7 Å². The van der Waals surface area contributed by atoms with Crippen LogP contribution in [-0.2, 0) is 9.84 Å². The summed E-state index contributed by atoms with van der Waals surface area (Å²) >= 11 is 0. The van der Waals surface area contributed by atoms with Gasteiger partial charge in [0.1, 0.15) is 0 Å². The van der Waals surface area contributed by atoms with Crippen molar-refractivity contribution in [3.05, 3.63) is 54.1 Å². The van der Waals surface area contributed by atoms with Crippen LogP contribution in [0.3, 0.4) is 0 Å². The van der Waals surface area contributed by atoms with Crippen molar-refractivity contribution in [2.24, 2.45) is 0 Å². The molecule has 2 aliphatic heterocycles. The lowest BCUT2D eigenvalue weighted by molar-refractivity contribution is 0.0792. The monoisotopic (exact) mass is 359 g/mol. The highest BCUT2D eigenvalue weighted by molar-refractivity contribution is 7.92. The van der Waals surface area contributed by atoms with Crippen LogP contribution in [0, 0.1) is 0 Å². The van der Waals surface area contributed by atoms with Gasteiger partial charge in [0, 0.05) is 18.7 Å². The molecular weight excluding hydrogens is 342 g/mol. The van der Waals surface area contributed by atoms with E-state index in [0.29, 0.717) is 34.9 Å². The molecule has 1 saturated heterocycles. The molecule has 0 N–H and O–H groups in total. The molecule has 0 aromatic heterocycles. The molecule has 25 heavy (non-hydrogen) atoms. The molecule has 4 rings (SSSR count). The lowest BCUT2D eigenvalue weighted by atomic mass is 10.2. The van der Waals surface area contributed by atoms with Crippen molar-refractivity contribution in [3.8, 4) is 11.5 Å². The summed E-state index contributed by atoms with van der Waals surface area (Å²) in [4.78, 5) is 14.6. The number of ether oxygens (including phenoxy) is 2. The molecule has 0 saturated carbocycles. The Morgan fingerprint density at radius 1 is 1.04 bits per heavy atom. The van der Waals surface area contributed by atoms with Gasteiger partial charge in [-0.2, -0.15) is 0 Å². The molecule has 0 spiro atoms. The predicted molar refractivity (Wildman–Crippen MR) is 90.5 cm³/mol. The van der Waals surface area contributed by atoms with Gasteiger partial charge in [-0.1, -0.05) is 18.2 Å². The van der Waals surface area contributed by atoms with Gasteiger partial charge in [0.05, 0.1) is 10.1 Å². The number of hydrogen-bond donors (Lipinski definition) is 0. The minimum Gasteiger partial charge on any atom is -0.454 e. The highest BCUT2D eigenvalue weighted by Crippen LogP contribution is 2.33. The molecule has 6 nitrogen and oxygen atoms in total. The molecule has 1 fully saturated rings. The number of carbonyl (C=O) groups excluding carboxylic acids is 1. The first-order valence-corrected chi connectivity index (χ1v) is 9.58. The van der Waals surface area contributed by atoms with Crippen molar-refractivity contribution in [1.29, 1.82) is 0 Å². The number of fused-ring (bicyclic) bond motifs is 1. The summed E-state index contributed by atoms with van der Waals surface area (Å²) in [7, 11) is -3.44. The quantitative estimate of drug-likeness (QED) is 0.839. The third-order valence-corrected chi connectivity index (χ3v) is 6.75. The number of nitrogens with zero attached hydrogens (tertiary/aromatic N) is 1. The topological polar surface area (TPSA) is 72.9 Å². The third kappa shape index (κ3) is 2.84. The highest BCUT2D eigenvalue weighted by atomic mass is 32.2. The van der Waals surface area contributed by atoms with Crippen LogP contribution in [0.5, 0.6) is 11.5 Å². The Kier molecular flexibility index (Phi) is 3.88. The van der Waals surface area contributed by atoms with Gasteiger partial charge >= 0.3 is 0 Å². The second-order valence-corrected chi connectivity index (χ2v) is 8.32. The fraction of sp³-hybridized carbons (Fsp3) is 0.278. The number of carbonyl (C=O) groups is 1. The zero-order valence-electron chi connectivity index (χ0n) is 13.4. The first-order chi connectivity index (χ1) is 12.1. The molecule has 130 valence electrons. The molecule has 2 heterocycles. The van der Waals surface area contributed by atoms with Crippen molar-refractivity contribution in [3.63, 3.8) is 0 Å². The summed E-state index contributed by atoms with van der Waals surface area (Å²) in [6, 6.07) is 13.4. The maximum absolute atomic E-state index is 12.7. The molecule has 2 aromatic rings.